The van der Waals surface area contributed by atoms with E-state index in [4.69, 9.17) is 5.21 Å². The molecule has 0 fully saturated rings. The van der Waals surface area contributed by atoms with Crippen LogP contribution in [-0.2, 0) is 4.79 Å². The molecule has 0 aliphatic rings. The molecule has 4 nitrogen and oxygen atoms in total. The van der Waals surface area contributed by atoms with Crippen molar-refractivity contribution < 1.29 is 10.0 Å². The zero-order chi connectivity index (χ0) is 10.4. The van der Waals surface area contributed by atoms with Crippen molar-refractivity contribution in [3.8, 4) is 0 Å². The Hall–Kier alpha value is -1.39. The minimum Gasteiger partial charge on any atom is -0.302 e. The van der Waals surface area contributed by atoms with E-state index >= 15 is 0 Å². The molecule has 4 heteroatoms. The largest absolute Gasteiger partial charge is 0.302 e. The first-order valence-corrected chi connectivity index (χ1v) is 4.45. The first-order chi connectivity index (χ1) is 6.74. The van der Waals surface area contributed by atoms with Gasteiger partial charge in [-0.3, -0.25) is 10.0 Å². The van der Waals surface area contributed by atoms with E-state index in [0.29, 0.717) is 0 Å². The standard InChI is InChI=1S/C10H14N2O2/c1-8(11-7-10(13)12-14)9-5-3-2-4-6-9/h2-6,8,11,14H,7H2,1H3,(H,12,13)/t8-/m0/s1. The van der Waals surface area contributed by atoms with Crippen LogP contribution in [0.4, 0.5) is 0 Å². The van der Waals surface area contributed by atoms with Crippen LogP contribution in [0.1, 0.15) is 18.5 Å². The Morgan fingerprint density at radius 1 is 1.43 bits per heavy atom. The van der Waals surface area contributed by atoms with Gasteiger partial charge in [-0.05, 0) is 12.5 Å². The summed E-state index contributed by atoms with van der Waals surface area (Å²) in [4.78, 5) is 10.7. The van der Waals surface area contributed by atoms with Gasteiger partial charge in [0.1, 0.15) is 0 Å². The lowest BCUT2D eigenvalue weighted by atomic mass is 10.1. The Bertz CT molecular complexity index is 287. The van der Waals surface area contributed by atoms with E-state index in [-0.39, 0.29) is 12.6 Å². The monoisotopic (exact) mass is 194 g/mol. The third kappa shape index (κ3) is 3.16. The van der Waals surface area contributed by atoms with Crippen LogP contribution in [0.3, 0.4) is 0 Å². The van der Waals surface area contributed by atoms with Crippen molar-refractivity contribution in [1.82, 2.24) is 10.8 Å². The lowest BCUT2D eigenvalue weighted by Crippen LogP contribution is -2.33. The van der Waals surface area contributed by atoms with Gasteiger partial charge in [0.25, 0.3) is 5.91 Å². The van der Waals surface area contributed by atoms with E-state index in [1.807, 2.05) is 37.3 Å². The number of hydrogen-bond acceptors (Lipinski definition) is 3. The van der Waals surface area contributed by atoms with Crippen LogP contribution in [0.2, 0.25) is 0 Å². The van der Waals surface area contributed by atoms with E-state index in [9.17, 15) is 4.79 Å². The fraction of sp³-hybridized carbons (Fsp3) is 0.300. The molecule has 14 heavy (non-hydrogen) atoms. The van der Waals surface area contributed by atoms with Crippen molar-refractivity contribution in [2.45, 2.75) is 13.0 Å². The minimum atomic E-state index is -0.437. The third-order valence-electron chi connectivity index (χ3n) is 1.99. The zero-order valence-electron chi connectivity index (χ0n) is 8.03. The summed E-state index contributed by atoms with van der Waals surface area (Å²) in [6.45, 7) is 2.06. The number of hydrogen-bond donors (Lipinski definition) is 3. The Morgan fingerprint density at radius 3 is 2.64 bits per heavy atom. The second-order valence-corrected chi connectivity index (χ2v) is 3.05. The highest BCUT2D eigenvalue weighted by molar-refractivity contribution is 5.76. The van der Waals surface area contributed by atoms with Crippen molar-refractivity contribution in [2.24, 2.45) is 0 Å². The topological polar surface area (TPSA) is 61.4 Å². The van der Waals surface area contributed by atoms with Gasteiger partial charge in [-0.25, -0.2) is 5.48 Å². The van der Waals surface area contributed by atoms with Gasteiger partial charge in [0.05, 0.1) is 6.54 Å². The Balaban J connectivity index is 2.43. The highest BCUT2D eigenvalue weighted by atomic mass is 16.5. The van der Waals surface area contributed by atoms with Gasteiger partial charge in [0, 0.05) is 6.04 Å². The van der Waals surface area contributed by atoms with Crippen molar-refractivity contribution in [1.29, 1.82) is 0 Å². The van der Waals surface area contributed by atoms with Gasteiger partial charge in [0.2, 0.25) is 0 Å². The molecule has 3 N–H and O–H groups in total. The number of hydroxylamine groups is 1. The maximum absolute atomic E-state index is 10.7. The number of benzene rings is 1. The van der Waals surface area contributed by atoms with Gasteiger partial charge in [-0.1, -0.05) is 30.3 Å². The minimum absolute atomic E-state index is 0.0912. The lowest BCUT2D eigenvalue weighted by molar-refractivity contribution is -0.128. The van der Waals surface area contributed by atoms with Gasteiger partial charge in [0.15, 0.2) is 0 Å². The van der Waals surface area contributed by atoms with E-state index in [1.165, 1.54) is 0 Å². The van der Waals surface area contributed by atoms with Crippen LogP contribution in [0.25, 0.3) is 0 Å². The number of rotatable bonds is 4. The van der Waals surface area contributed by atoms with Crippen LogP contribution >= 0.6 is 0 Å². The average Bonchev–Trinajstić information content (AvgIpc) is 2.26. The molecule has 1 aromatic rings. The molecule has 1 amide bonds. The summed E-state index contributed by atoms with van der Waals surface area (Å²) >= 11 is 0. The van der Waals surface area contributed by atoms with Crippen molar-refractivity contribution in [2.75, 3.05) is 6.54 Å². The quantitative estimate of drug-likeness (QED) is 0.491. The fourth-order valence-corrected chi connectivity index (χ4v) is 1.14. The summed E-state index contributed by atoms with van der Waals surface area (Å²) in [5, 5.41) is 11.3. The van der Waals surface area contributed by atoms with Crippen LogP contribution in [0, 0.1) is 0 Å². The first-order valence-electron chi connectivity index (χ1n) is 4.45. The molecule has 0 aromatic heterocycles. The van der Waals surface area contributed by atoms with Crippen LogP contribution < -0.4 is 10.8 Å². The molecule has 0 aliphatic heterocycles. The van der Waals surface area contributed by atoms with Crippen molar-refractivity contribution in [3.05, 3.63) is 35.9 Å². The first kappa shape index (κ1) is 10.7. The average molecular weight is 194 g/mol. The number of carbonyl (C=O) groups is 1. The van der Waals surface area contributed by atoms with Crippen molar-refractivity contribution >= 4 is 5.91 Å². The second-order valence-electron chi connectivity index (χ2n) is 3.05. The Morgan fingerprint density at radius 2 is 2.07 bits per heavy atom. The smallest absolute Gasteiger partial charge is 0.257 e. The SMILES string of the molecule is C[C@H](NCC(=O)NO)c1ccccc1. The van der Waals surface area contributed by atoms with Crippen LogP contribution in [0.5, 0.6) is 0 Å². The van der Waals surface area contributed by atoms with E-state index in [0.717, 1.165) is 5.56 Å². The summed E-state index contributed by atoms with van der Waals surface area (Å²) in [5.41, 5.74) is 2.68. The van der Waals surface area contributed by atoms with Crippen molar-refractivity contribution in [3.63, 3.8) is 0 Å². The molecule has 0 saturated heterocycles. The summed E-state index contributed by atoms with van der Waals surface area (Å²) in [7, 11) is 0. The van der Waals surface area contributed by atoms with Gasteiger partial charge >= 0.3 is 0 Å². The molecule has 0 unspecified atom stereocenters. The fourth-order valence-electron chi connectivity index (χ4n) is 1.14. The number of amides is 1. The molecule has 0 spiro atoms. The predicted molar refractivity (Wildman–Crippen MR) is 52.8 cm³/mol. The van der Waals surface area contributed by atoms with Crippen LogP contribution in [-0.4, -0.2) is 17.7 Å². The highest BCUT2D eigenvalue weighted by Gasteiger charge is 2.05. The molecule has 0 radical (unpaired) electrons. The maximum atomic E-state index is 10.7. The molecule has 0 saturated carbocycles. The van der Waals surface area contributed by atoms with E-state index in [1.54, 1.807) is 5.48 Å². The Labute approximate surface area is 82.9 Å². The molecule has 1 aromatic carbocycles. The van der Waals surface area contributed by atoms with Gasteiger partial charge in [-0.2, -0.15) is 0 Å². The van der Waals surface area contributed by atoms with Gasteiger partial charge < -0.3 is 5.32 Å². The summed E-state index contributed by atoms with van der Waals surface area (Å²) < 4.78 is 0. The summed E-state index contributed by atoms with van der Waals surface area (Å²) in [6, 6.07) is 9.88. The molecule has 0 bridgehead atoms. The molecule has 0 heterocycles. The van der Waals surface area contributed by atoms with E-state index in [2.05, 4.69) is 5.32 Å². The second kappa shape index (κ2) is 5.36. The molecular weight excluding hydrogens is 180 g/mol. The number of nitrogens with one attached hydrogen (secondary N) is 2. The van der Waals surface area contributed by atoms with E-state index < -0.39 is 5.91 Å². The lowest BCUT2D eigenvalue weighted by Gasteiger charge is -2.12. The Kier molecular flexibility index (Phi) is 4.10. The zero-order valence-corrected chi connectivity index (χ0v) is 8.03. The summed E-state index contributed by atoms with van der Waals surface area (Å²) in [6.07, 6.45) is 0. The van der Waals surface area contributed by atoms with Crippen LogP contribution in [0.15, 0.2) is 30.3 Å². The summed E-state index contributed by atoms with van der Waals surface area (Å²) in [5.74, 6) is -0.437. The molecular formula is C10H14N2O2. The predicted octanol–water partition coefficient (Wildman–Crippen LogP) is 0.843. The molecule has 1 rings (SSSR count). The molecule has 76 valence electrons. The van der Waals surface area contributed by atoms with Gasteiger partial charge in [-0.15, -0.1) is 0 Å². The number of carbonyl (C=O) groups excluding carboxylic acids is 1. The molecule has 1 atom stereocenters. The third-order valence-corrected chi connectivity index (χ3v) is 1.99. The molecule has 0 aliphatic carbocycles. The maximum Gasteiger partial charge on any atom is 0.257 e. The normalized spacial score (nSPS) is 12.1. The highest BCUT2D eigenvalue weighted by Crippen LogP contribution is 2.09.